The van der Waals surface area contributed by atoms with Crippen molar-refractivity contribution in [1.82, 2.24) is 4.90 Å². The molecule has 1 aliphatic rings. The summed E-state index contributed by atoms with van der Waals surface area (Å²) in [6, 6.07) is 5.96. The van der Waals surface area contributed by atoms with E-state index in [-0.39, 0.29) is 11.6 Å². The van der Waals surface area contributed by atoms with Gasteiger partial charge in [-0.05, 0) is 51.1 Å². The third-order valence-electron chi connectivity index (χ3n) is 4.99. The molecule has 0 bridgehead atoms. The topological polar surface area (TPSA) is 29.3 Å². The fourth-order valence-electron chi connectivity index (χ4n) is 3.60. The predicted molar refractivity (Wildman–Crippen MR) is 92.3 cm³/mol. The molecule has 2 rings (SSSR count). The van der Waals surface area contributed by atoms with Gasteiger partial charge in [0, 0.05) is 11.6 Å². The molecule has 0 heterocycles. The Hall–Kier alpha value is -0.280. The molecule has 1 aromatic carbocycles. The summed E-state index contributed by atoms with van der Waals surface area (Å²) in [4.78, 5) is 2.35. The normalized spacial score (nSPS) is 20.3. The molecule has 0 aliphatic heterocycles. The summed E-state index contributed by atoms with van der Waals surface area (Å²) < 4.78 is 0. The van der Waals surface area contributed by atoms with E-state index >= 15 is 0 Å². The van der Waals surface area contributed by atoms with Crippen LogP contribution in [0.15, 0.2) is 18.2 Å². The number of rotatable bonds is 4. The summed E-state index contributed by atoms with van der Waals surface area (Å²) in [6.45, 7) is 0. The van der Waals surface area contributed by atoms with Gasteiger partial charge < -0.3 is 10.6 Å². The summed E-state index contributed by atoms with van der Waals surface area (Å²) >= 11 is 12.1. The van der Waals surface area contributed by atoms with Crippen molar-refractivity contribution in [2.75, 3.05) is 14.1 Å². The zero-order chi connectivity index (χ0) is 15.5. The smallest absolute Gasteiger partial charge is 0.0595 e. The Morgan fingerprint density at radius 1 is 1.10 bits per heavy atom. The van der Waals surface area contributed by atoms with Gasteiger partial charge in [0.2, 0.25) is 0 Å². The van der Waals surface area contributed by atoms with E-state index in [1.54, 1.807) is 0 Å². The molecule has 1 unspecified atom stereocenters. The molecule has 0 saturated heterocycles. The van der Waals surface area contributed by atoms with Gasteiger partial charge in [-0.3, -0.25) is 0 Å². The molecular formula is C17H26Cl2N2. The monoisotopic (exact) mass is 328 g/mol. The zero-order valence-corrected chi connectivity index (χ0v) is 14.6. The lowest BCUT2D eigenvalue weighted by atomic mass is 9.79. The van der Waals surface area contributed by atoms with E-state index in [0.717, 1.165) is 6.42 Å². The number of likely N-dealkylation sites (N-methyl/N-ethyl adjacent to an activating group) is 1. The number of benzene rings is 1. The first-order valence-corrected chi connectivity index (χ1v) is 8.58. The lowest BCUT2D eigenvalue weighted by Crippen LogP contribution is -2.58. The summed E-state index contributed by atoms with van der Waals surface area (Å²) in [7, 11) is 4.33. The van der Waals surface area contributed by atoms with Crippen LogP contribution in [0.25, 0.3) is 0 Å². The molecule has 2 nitrogen and oxygen atoms in total. The first kappa shape index (κ1) is 17.1. The standard InChI is InChI=1S/C17H26Cl2N2/c1-21(2)17(9-5-3-4-6-10-17)16(20)12-13-7-8-14(18)15(19)11-13/h7-8,11,16H,3-6,9-10,12,20H2,1-2H3. The average Bonchev–Trinajstić information content (AvgIpc) is 2.69. The molecule has 1 fully saturated rings. The van der Waals surface area contributed by atoms with Crippen molar-refractivity contribution in [2.45, 2.75) is 56.5 Å². The second-order valence-corrected chi connectivity index (χ2v) is 7.29. The van der Waals surface area contributed by atoms with Crippen LogP contribution in [0.4, 0.5) is 0 Å². The van der Waals surface area contributed by atoms with Crippen LogP contribution >= 0.6 is 23.2 Å². The molecule has 2 N–H and O–H groups in total. The third kappa shape index (κ3) is 3.92. The molecule has 0 radical (unpaired) electrons. The van der Waals surface area contributed by atoms with Gasteiger partial charge in [0.15, 0.2) is 0 Å². The predicted octanol–water partition coefficient (Wildman–Crippen LogP) is 4.52. The molecule has 4 heteroatoms. The van der Waals surface area contributed by atoms with E-state index in [2.05, 4.69) is 19.0 Å². The van der Waals surface area contributed by atoms with Crippen LogP contribution in [0, 0.1) is 0 Å². The van der Waals surface area contributed by atoms with Gasteiger partial charge in [-0.25, -0.2) is 0 Å². The highest BCUT2D eigenvalue weighted by molar-refractivity contribution is 6.42. The number of hydrogen-bond donors (Lipinski definition) is 1. The van der Waals surface area contributed by atoms with Crippen molar-refractivity contribution in [2.24, 2.45) is 5.73 Å². The van der Waals surface area contributed by atoms with E-state index < -0.39 is 0 Å². The molecule has 0 spiro atoms. The second kappa shape index (κ2) is 7.32. The van der Waals surface area contributed by atoms with Crippen LogP contribution in [-0.2, 0) is 6.42 Å². The van der Waals surface area contributed by atoms with Crippen molar-refractivity contribution < 1.29 is 0 Å². The van der Waals surface area contributed by atoms with Crippen molar-refractivity contribution in [3.05, 3.63) is 33.8 Å². The van der Waals surface area contributed by atoms with Crippen LogP contribution in [0.1, 0.15) is 44.1 Å². The Morgan fingerprint density at radius 2 is 1.71 bits per heavy atom. The molecular weight excluding hydrogens is 303 g/mol. The average molecular weight is 329 g/mol. The lowest BCUT2D eigenvalue weighted by molar-refractivity contribution is 0.0968. The summed E-state index contributed by atoms with van der Waals surface area (Å²) in [5, 5.41) is 1.21. The van der Waals surface area contributed by atoms with Crippen LogP contribution in [-0.4, -0.2) is 30.6 Å². The first-order chi connectivity index (χ1) is 9.95. The second-order valence-electron chi connectivity index (χ2n) is 6.47. The van der Waals surface area contributed by atoms with Crippen LogP contribution in [0.3, 0.4) is 0 Å². The van der Waals surface area contributed by atoms with E-state index in [9.17, 15) is 0 Å². The van der Waals surface area contributed by atoms with Crippen molar-refractivity contribution in [3.8, 4) is 0 Å². The molecule has 21 heavy (non-hydrogen) atoms. The van der Waals surface area contributed by atoms with E-state index in [1.807, 2.05) is 18.2 Å². The maximum atomic E-state index is 6.66. The van der Waals surface area contributed by atoms with E-state index in [0.29, 0.717) is 10.0 Å². The zero-order valence-electron chi connectivity index (χ0n) is 13.0. The largest absolute Gasteiger partial charge is 0.326 e. The van der Waals surface area contributed by atoms with Crippen molar-refractivity contribution in [1.29, 1.82) is 0 Å². The minimum atomic E-state index is 0.0998. The maximum absolute atomic E-state index is 6.66. The van der Waals surface area contributed by atoms with Crippen LogP contribution in [0.5, 0.6) is 0 Å². The summed E-state index contributed by atoms with van der Waals surface area (Å²) in [6.07, 6.45) is 8.41. The highest BCUT2D eigenvalue weighted by atomic mass is 35.5. The van der Waals surface area contributed by atoms with E-state index in [1.165, 1.54) is 44.1 Å². The van der Waals surface area contributed by atoms with Crippen molar-refractivity contribution in [3.63, 3.8) is 0 Å². The molecule has 1 saturated carbocycles. The van der Waals surface area contributed by atoms with Gasteiger partial charge >= 0.3 is 0 Å². The molecule has 0 amide bonds. The Kier molecular flexibility index (Phi) is 5.96. The Balaban J connectivity index is 2.17. The van der Waals surface area contributed by atoms with Crippen molar-refractivity contribution >= 4 is 23.2 Å². The number of halogens is 2. The Morgan fingerprint density at radius 3 is 2.24 bits per heavy atom. The maximum Gasteiger partial charge on any atom is 0.0595 e. The van der Waals surface area contributed by atoms with Gasteiger partial charge in [0.25, 0.3) is 0 Å². The van der Waals surface area contributed by atoms with Gasteiger partial charge in [-0.15, -0.1) is 0 Å². The Labute approximate surface area is 138 Å². The molecule has 1 atom stereocenters. The van der Waals surface area contributed by atoms with Crippen LogP contribution < -0.4 is 5.73 Å². The quantitative estimate of drug-likeness (QED) is 0.823. The fraction of sp³-hybridized carbons (Fsp3) is 0.647. The highest BCUT2D eigenvalue weighted by Crippen LogP contribution is 2.35. The summed E-state index contributed by atoms with van der Waals surface area (Å²) in [5.74, 6) is 0. The Bertz CT molecular complexity index is 466. The number of nitrogens with two attached hydrogens (primary N) is 1. The lowest BCUT2D eigenvalue weighted by Gasteiger charge is -2.44. The molecule has 1 aromatic rings. The number of nitrogens with zero attached hydrogens (tertiary/aromatic N) is 1. The van der Waals surface area contributed by atoms with Gasteiger partial charge in [0.1, 0.15) is 0 Å². The highest BCUT2D eigenvalue weighted by Gasteiger charge is 2.38. The first-order valence-electron chi connectivity index (χ1n) is 7.82. The van der Waals surface area contributed by atoms with Gasteiger partial charge in [0.05, 0.1) is 10.0 Å². The molecule has 1 aliphatic carbocycles. The van der Waals surface area contributed by atoms with Gasteiger partial charge in [-0.2, -0.15) is 0 Å². The fourth-order valence-corrected chi connectivity index (χ4v) is 3.92. The molecule has 0 aromatic heterocycles. The third-order valence-corrected chi connectivity index (χ3v) is 5.73. The minimum Gasteiger partial charge on any atom is -0.326 e. The van der Waals surface area contributed by atoms with Gasteiger partial charge in [-0.1, -0.05) is 55.0 Å². The van der Waals surface area contributed by atoms with E-state index in [4.69, 9.17) is 28.9 Å². The minimum absolute atomic E-state index is 0.0998. The summed E-state index contributed by atoms with van der Waals surface area (Å²) in [5.41, 5.74) is 7.92. The molecule has 118 valence electrons. The van der Waals surface area contributed by atoms with Crippen LogP contribution in [0.2, 0.25) is 10.0 Å². The SMILES string of the molecule is CN(C)C1(C(N)Cc2ccc(Cl)c(Cl)c2)CCCCCC1. The number of hydrogen-bond acceptors (Lipinski definition) is 2.